The average Bonchev–Trinajstić information content (AvgIpc) is 3.02. The van der Waals surface area contributed by atoms with Crippen molar-refractivity contribution < 1.29 is 4.74 Å². The first kappa shape index (κ1) is 17.0. The van der Waals surface area contributed by atoms with Crippen LogP contribution in [0.15, 0.2) is 53.6 Å². The first-order chi connectivity index (χ1) is 13.3. The molecule has 2 heterocycles. The summed E-state index contributed by atoms with van der Waals surface area (Å²) in [5, 5.41) is 13.8. The van der Waals surface area contributed by atoms with Gasteiger partial charge in [-0.25, -0.2) is 5.43 Å². The molecule has 0 saturated carbocycles. The van der Waals surface area contributed by atoms with Crippen LogP contribution in [0.5, 0.6) is 5.75 Å². The molecule has 0 atom stereocenters. The Hall–Kier alpha value is -3.48. The van der Waals surface area contributed by atoms with Gasteiger partial charge in [0, 0.05) is 17.5 Å². The molecule has 136 valence electrons. The maximum atomic E-state index is 5.60. The molecular formula is C20H20N6O. The smallest absolute Gasteiger partial charge is 0.265 e. The number of hydrogen-bond acceptors (Lipinski definition) is 6. The van der Waals surface area contributed by atoms with Crippen LogP contribution >= 0.6 is 0 Å². The lowest BCUT2D eigenvalue weighted by Crippen LogP contribution is -2.02. The summed E-state index contributed by atoms with van der Waals surface area (Å²) < 4.78 is 7.72. The Morgan fingerprint density at radius 2 is 1.89 bits per heavy atom. The highest BCUT2D eigenvalue weighted by Gasteiger charge is 2.13. The number of para-hydroxylation sites is 2. The second-order valence-corrected chi connectivity index (χ2v) is 5.91. The predicted octanol–water partition coefficient (Wildman–Crippen LogP) is 3.84. The highest BCUT2D eigenvalue weighted by molar-refractivity contribution is 6.04. The molecule has 27 heavy (non-hydrogen) atoms. The van der Waals surface area contributed by atoms with Gasteiger partial charge in [-0.1, -0.05) is 30.3 Å². The van der Waals surface area contributed by atoms with Gasteiger partial charge in [-0.3, -0.25) is 0 Å². The SMILES string of the molecule is CCOc1ccccc1C=NNc1nnc2c3ccccc3n(CC)c2n1. The Kier molecular flexibility index (Phi) is 4.65. The molecular weight excluding hydrogens is 340 g/mol. The minimum Gasteiger partial charge on any atom is -0.493 e. The molecule has 0 unspecified atom stereocenters. The maximum absolute atomic E-state index is 5.60. The van der Waals surface area contributed by atoms with Gasteiger partial charge in [0.2, 0.25) is 0 Å². The summed E-state index contributed by atoms with van der Waals surface area (Å²) in [7, 11) is 0. The monoisotopic (exact) mass is 360 g/mol. The molecule has 0 radical (unpaired) electrons. The van der Waals surface area contributed by atoms with Crippen LogP contribution < -0.4 is 10.2 Å². The average molecular weight is 360 g/mol. The van der Waals surface area contributed by atoms with Crippen molar-refractivity contribution in [2.45, 2.75) is 20.4 Å². The van der Waals surface area contributed by atoms with E-state index in [2.05, 4.69) is 43.3 Å². The van der Waals surface area contributed by atoms with Crippen LogP contribution in [0.25, 0.3) is 22.1 Å². The molecule has 1 N–H and O–H groups in total. The van der Waals surface area contributed by atoms with Crippen LogP contribution in [-0.2, 0) is 6.54 Å². The highest BCUT2D eigenvalue weighted by atomic mass is 16.5. The van der Waals surface area contributed by atoms with E-state index in [4.69, 9.17) is 4.74 Å². The number of hydrogen-bond donors (Lipinski definition) is 1. The molecule has 4 aromatic rings. The molecule has 0 fully saturated rings. The van der Waals surface area contributed by atoms with Gasteiger partial charge in [0.25, 0.3) is 5.95 Å². The van der Waals surface area contributed by atoms with E-state index in [9.17, 15) is 0 Å². The number of ether oxygens (including phenoxy) is 1. The van der Waals surface area contributed by atoms with Crippen LogP contribution in [0.4, 0.5) is 5.95 Å². The minimum absolute atomic E-state index is 0.352. The molecule has 0 spiro atoms. The summed E-state index contributed by atoms with van der Waals surface area (Å²) >= 11 is 0. The zero-order valence-electron chi connectivity index (χ0n) is 15.3. The molecule has 2 aromatic carbocycles. The Morgan fingerprint density at radius 1 is 1.07 bits per heavy atom. The lowest BCUT2D eigenvalue weighted by Gasteiger charge is -2.06. The van der Waals surface area contributed by atoms with E-state index in [0.717, 1.165) is 39.9 Å². The van der Waals surface area contributed by atoms with E-state index in [0.29, 0.717) is 12.6 Å². The Bertz CT molecular complexity index is 1120. The second kappa shape index (κ2) is 7.41. The molecule has 0 aliphatic carbocycles. The van der Waals surface area contributed by atoms with E-state index in [1.165, 1.54) is 0 Å². The third-order valence-corrected chi connectivity index (χ3v) is 4.28. The van der Waals surface area contributed by atoms with Gasteiger partial charge in [-0.05, 0) is 32.0 Å². The summed E-state index contributed by atoms with van der Waals surface area (Å²) in [6.45, 7) is 5.44. The molecule has 0 saturated heterocycles. The number of anilines is 1. The van der Waals surface area contributed by atoms with Crippen LogP contribution in [-0.4, -0.2) is 32.6 Å². The number of hydrazone groups is 1. The van der Waals surface area contributed by atoms with Crippen LogP contribution in [0, 0.1) is 0 Å². The molecule has 0 bridgehead atoms. The Morgan fingerprint density at radius 3 is 2.74 bits per heavy atom. The van der Waals surface area contributed by atoms with E-state index >= 15 is 0 Å². The summed E-state index contributed by atoms with van der Waals surface area (Å²) in [5.41, 5.74) is 6.43. The summed E-state index contributed by atoms with van der Waals surface area (Å²) in [6, 6.07) is 15.8. The van der Waals surface area contributed by atoms with Gasteiger partial charge in [-0.2, -0.15) is 10.1 Å². The molecule has 2 aromatic heterocycles. The van der Waals surface area contributed by atoms with Crippen LogP contribution in [0.2, 0.25) is 0 Å². The van der Waals surface area contributed by atoms with Crippen molar-refractivity contribution in [1.29, 1.82) is 0 Å². The fourth-order valence-electron chi connectivity index (χ4n) is 3.10. The lowest BCUT2D eigenvalue weighted by molar-refractivity contribution is 0.340. The molecule has 0 aliphatic rings. The van der Waals surface area contributed by atoms with Gasteiger partial charge < -0.3 is 9.30 Å². The minimum atomic E-state index is 0.352. The van der Waals surface area contributed by atoms with E-state index < -0.39 is 0 Å². The van der Waals surface area contributed by atoms with Crippen molar-refractivity contribution >= 4 is 34.2 Å². The second-order valence-electron chi connectivity index (χ2n) is 5.91. The number of rotatable bonds is 6. The first-order valence-electron chi connectivity index (χ1n) is 8.94. The quantitative estimate of drug-likeness (QED) is 0.417. The van der Waals surface area contributed by atoms with Gasteiger partial charge in [0.1, 0.15) is 11.3 Å². The molecule has 0 aliphatic heterocycles. The molecule has 4 rings (SSSR count). The van der Waals surface area contributed by atoms with Crippen molar-refractivity contribution in [1.82, 2.24) is 19.7 Å². The van der Waals surface area contributed by atoms with Crippen molar-refractivity contribution in [3.63, 3.8) is 0 Å². The number of nitrogens with zero attached hydrogens (tertiary/aromatic N) is 5. The topological polar surface area (TPSA) is 77.2 Å². The van der Waals surface area contributed by atoms with Gasteiger partial charge in [0.15, 0.2) is 5.65 Å². The Balaban J connectivity index is 1.64. The normalized spacial score (nSPS) is 11.5. The van der Waals surface area contributed by atoms with Gasteiger partial charge in [-0.15, -0.1) is 10.2 Å². The van der Waals surface area contributed by atoms with Crippen molar-refractivity contribution in [3.8, 4) is 5.75 Å². The largest absolute Gasteiger partial charge is 0.493 e. The lowest BCUT2D eigenvalue weighted by atomic mass is 10.2. The molecule has 7 nitrogen and oxygen atoms in total. The highest BCUT2D eigenvalue weighted by Crippen LogP contribution is 2.26. The number of benzene rings is 2. The fourth-order valence-corrected chi connectivity index (χ4v) is 3.10. The fraction of sp³-hybridized carbons (Fsp3) is 0.200. The zero-order chi connectivity index (χ0) is 18.6. The zero-order valence-corrected chi connectivity index (χ0v) is 15.3. The Labute approximate surface area is 156 Å². The number of fused-ring (bicyclic) bond motifs is 3. The first-order valence-corrected chi connectivity index (χ1v) is 8.94. The van der Waals surface area contributed by atoms with Crippen molar-refractivity contribution in [2.75, 3.05) is 12.0 Å². The van der Waals surface area contributed by atoms with E-state index in [1.807, 2.05) is 49.4 Å². The predicted molar refractivity (Wildman–Crippen MR) is 107 cm³/mol. The number of aromatic nitrogens is 4. The summed E-state index contributed by atoms with van der Waals surface area (Å²) in [6.07, 6.45) is 1.69. The van der Waals surface area contributed by atoms with Crippen molar-refractivity contribution in [2.24, 2.45) is 5.10 Å². The molecule has 7 heteroatoms. The van der Waals surface area contributed by atoms with Gasteiger partial charge in [0.05, 0.1) is 18.3 Å². The third kappa shape index (κ3) is 3.19. The summed E-state index contributed by atoms with van der Waals surface area (Å²) in [4.78, 5) is 4.61. The molecule has 0 amide bonds. The maximum Gasteiger partial charge on any atom is 0.265 e. The van der Waals surface area contributed by atoms with Crippen molar-refractivity contribution in [3.05, 3.63) is 54.1 Å². The number of nitrogens with one attached hydrogen (secondary N) is 1. The summed E-state index contributed by atoms with van der Waals surface area (Å²) in [5.74, 6) is 1.14. The van der Waals surface area contributed by atoms with Crippen LogP contribution in [0.3, 0.4) is 0 Å². The van der Waals surface area contributed by atoms with E-state index in [-0.39, 0.29) is 0 Å². The van der Waals surface area contributed by atoms with Crippen LogP contribution in [0.1, 0.15) is 19.4 Å². The van der Waals surface area contributed by atoms with Gasteiger partial charge >= 0.3 is 0 Å². The van der Waals surface area contributed by atoms with E-state index in [1.54, 1.807) is 6.21 Å². The number of aryl methyl sites for hydroxylation is 1. The standard InChI is InChI=1S/C20H20N6O/c1-3-26-16-11-7-6-10-15(16)18-19(26)22-20(25-23-18)24-21-13-14-9-5-8-12-17(14)27-4-2/h5-13H,3-4H2,1-2H3,(H,22,24,25). The third-order valence-electron chi connectivity index (χ3n) is 4.28.